The molecule has 0 rings (SSSR count). The van der Waals surface area contributed by atoms with Crippen molar-refractivity contribution in [2.45, 2.75) is 19.4 Å². The van der Waals surface area contributed by atoms with Gasteiger partial charge in [0.05, 0.1) is 0 Å². The fourth-order valence-corrected chi connectivity index (χ4v) is 0.971. The maximum atomic E-state index is 10.2. The van der Waals surface area contributed by atoms with Crippen molar-refractivity contribution in [2.24, 2.45) is 0 Å². The zero-order valence-electron chi connectivity index (χ0n) is 5.74. The van der Waals surface area contributed by atoms with Gasteiger partial charge in [0.1, 0.15) is 5.60 Å². The van der Waals surface area contributed by atoms with Gasteiger partial charge in [0.25, 0.3) is 0 Å². The van der Waals surface area contributed by atoms with Crippen LogP contribution in [0.4, 0.5) is 0 Å². The first-order valence-electron chi connectivity index (χ1n) is 2.51. The summed E-state index contributed by atoms with van der Waals surface area (Å²) in [5, 5.41) is 0. The Bertz CT molecular complexity index is 196. The fraction of sp³-hybridized carbons (Fsp3) is 0.600. The van der Waals surface area contributed by atoms with Crippen LogP contribution >= 0.6 is 7.82 Å². The van der Waals surface area contributed by atoms with Crippen LogP contribution in [-0.2, 0) is 9.09 Å². The molecule has 58 valence electrons. The van der Waals surface area contributed by atoms with E-state index in [2.05, 4.69) is 10.4 Å². The van der Waals surface area contributed by atoms with Crippen LogP contribution < -0.4 is 0 Å². The minimum atomic E-state index is -4.45. The Hall–Kier alpha value is -0.330. The topological polar surface area (TPSA) is 66.8 Å². The Morgan fingerprint density at radius 3 is 2.10 bits per heavy atom. The SMILES string of the molecule is C#CC(C)(C)OP(=O)(O)O. The molecule has 0 aromatic rings. The van der Waals surface area contributed by atoms with Crippen LogP contribution in [0.25, 0.3) is 0 Å². The van der Waals surface area contributed by atoms with E-state index < -0.39 is 13.4 Å². The Kier molecular flexibility index (Phi) is 2.64. The van der Waals surface area contributed by atoms with Gasteiger partial charge in [0.15, 0.2) is 0 Å². The quantitative estimate of drug-likeness (QED) is 0.460. The molecule has 5 heteroatoms. The molecule has 0 aliphatic carbocycles. The third-order valence-electron chi connectivity index (χ3n) is 0.695. The number of terminal acetylenes is 1. The highest BCUT2D eigenvalue weighted by molar-refractivity contribution is 7.46. The van der Waals surface area contributed by atoms with Crippen molar-refractivity contribution in [3.63, 3.8) is 0 Å². The summed E-state index contributed by atoms with van der Waals surface area (Å²) in [5.74, 6) is 2.08. The molecule has 4 nitrogen and oxygen atoms in total. The first-order valence-corrected chi connectivity index (χ1v) is 4.04. The lowest BCUT2D eigenvalue weighted by molar-refractivity contribution is 0.111. The highest BCUT2D eigenvalue weighted by Crippen LogP contribution is 2.40. The Morgan fingerprint density at radius 1 is 1.60 bits per heavy atom. The molecule has 0 saturated heterocycles. The number of hydrogen-bond donors (Lipinski definition) is 2. The largest absolute Gasteiger partial charge is 0.471 e. The highest BCUT2D eigenvalue weighted by Gasteiger charge is 2.26. The summed E-state index contributed by atoms with van der Waals surface area (Å²) in [7, 11) is -4.45. The van der Waals surface area contributed by atoms with Gasteiger partial charge in [-0.2, -0.15) is 0 Å². The number of phosphoric acid groups is 1. The van der Waals surface area contributed by atoms with E-state index in [0.29, 0.717) is 0 Å². The number of phosphoric ester groups is 1. The third kappa shape index (κ3) is 4.54. The zero-order chi connectivity index (χ0) is 8.41. The molecule has 0 spiro atoms. The summed E-state index contributed by atoms with van der Waals surface area (Å²) in [5.41, 5.74) is -1.21. The van der Waals surface area contributed by atoms with E-state index in [1.807, 2.05) is 0 Å². The standard InChI is InChI=1S/C5H9O4P/c1-4-5(2,3)9-10(6,7)8/h1H,2-3H3,(H2,6,7,8). The molecular weight excluding hydrogens is 155 g/mol. The molecule has 0 heterocycles. The molecule has 2 N–H and O–H groups in total. The summed E-state index contributed by atoms with van der Waals surface area (Å²) in [6.07, 6.45) is 4.90. The minimum Gasteiger partial charge on any atom is -0.303 e. The van der Waals surface area contributed by atoms with Crippen LogP contribution in [0, 0.1) is 12.3 Å². The van der Waals surface area contributed by atoms with Gasteiger partial charge < -0.3 is 9.79 Å². The molecule has 0 fully saturated rings. The molecule has 0 bridgehead atoms. The lowest BCUT2D eigenvalue weighted by atomic mass is 10.2. The molecule has 0 unspecified atom stereocenters. The van der Waals surface area contributed by atoms with E-state index in [4.69, 9.17) is 16.2 Å². The summed E-state index contributed by atoms with van der Waals surface area (Å²) in [4.78, 5) is 16.6. The summed E-state index contributed by atoms with van der Waals surface area (Å²) >= 11 is 0. The molecule has 0 aliphatic heterocycles. The molecule has 0 radical (unpaired) electrons. The van der Waals surface area contributed by atoms with E-state index in [9.17, 15) is 4.57 Å². The maximum absolute atomic E-state index is 10.2. The molecule has 0 saturated carbocycles. The molecule has 0 aromatic carbocycles. The third-order valence-corrected chi connectivity index (χ3v) is 1.39. The number of hydrogen-bond acceptors (Lipinski definition) is 2. The summed E-state index contributed by atoms with van der Waals surface area (Å²) in [6, 6.07) is 0. The van der Waals surface area contributed by atoms with E-state index in [1.165, 1.54) is 13.8 Å². The van der Waals surface area contributed by atoms with Gasteiger partial charge in [0.2, 0.25) is 0 Å². The van der Waals surface area contributed by atoms with Crippen molar-refractivity contribution in [1.29, 1.82) is 0 Å². The zero-order valence-corrected chi connectivity index (χ0v) is 6.63. The lowest BCUT2D eigenvalue weighted by Crippen LogP contribution is -2.19. The van der Waals surface area contributed by atoms with Crippen LogP contribution in [0.3, 0.4) is 0 Å². The average molecular weight is 164 g/mol. The second-order valence-corrected chi connectivity index (χ2v) is 3.40. The summed E-state index contributed by atoms with van der Waals surface area (Å²) in [6.45, 7) is 2.79. The predicted octanol–water partition coefficient (Wildman–Crippen LogP) is 0.507. The molecular formula is C5H9O4P. The van der Waals surface area contributed by atoms with Gasteiger partial charge in [-0.05, 0) is 13.8 Å². The normalized spacial score (nSPS) is 12.7. The Balaban J connectivity index is 4.20. The maximum Gasteiger partial charge on any atom is 0.471 e. The van der Waals surface area contributed by atoms with E-state index in [-0.39, 0.29) is 0 Å². The first kappa shape index (κ1) is 9.67. The lowest BCUT2D eigenvalue weighted by Gasteiger charge is -2.17. The van der Waals surface area contributed by atoms with Gasteiger partial charge >= 0.3 is 7.82 Å². The van der Waals surface area contributed by atoms with Crippen molar-refractivity contribution in [2.75, 3.05) is 0 Å². The monoisotopic (exact) mass is 164 g/mol. The van der Waals surface area contributed by atoms with Crippen LogP contribution in [0.1, 0.15) is 13.8 Å². The molecule has 10 heavy (non-hydrogen) atoms. The highest BCUT2D eigenvalue weighted by atomic mass is 31.2. The smallest absolute Gasteiger partial charge is 0.303 e. The van der Waals surface area contributed by atoms with Crippen LogP contribution in [0.5, 0.6) is 0 Å². The second kappa shape index (κ2) is 2.73. The Labute approximate surface area is 59.4 Å². The van der Waals surface area contributed by atoms with Gasteiger partial charge in [0, 0.05) is 0 Å². The van der Waals surface area contributed by atoms with Crippen molar-refractivity contribution in [3.05, 3.63) is 0 Å². The van der Waals surface area contributed by atoms with Crippen molar-refractivity contribution in [3.8, 4) is 12.3 Å². The van der Waals surface area contributed by atoms with Crippen LogP contribution in [0.2, 0.25) is 0 Å². The molecule has 0 amide bonds. The predicted molar refractivity (Wildman–Crippen MR) is 36.0 cm³/mol. The Morgan fingerprint density at radius 2 is 2.00 bits per heavy atom. The molecule has 0 aliphatic rings. The fourth-order valence-electron chi connectivity index (χ4n) is 0.324. The van der Waals surface area contributed by atoms with Crippen molar-refractivity contribution in [1.82, 2.24) is 0 Å². The van der Waals surface area contributed by atoms with Crippen LogP contribution in [-0.4, -0.2) is 15.4 Å². The van der Waals surface area contributed by atoms with Gasteiger partial charge in [-0.25, -0.2) is 4.57 Å². The minimum absolute atomic E-state index is 1.21. The summed E-state index contributed by atoms with van der Waals surface area (Å²) < 4.78 is 14.4. The van der Waals surface area contributed by atoms with Crippen LogP contribution in [0.15, 0.2) is 0 Å². The van der Waals surface area contributed by atoms with Gasteiger partial charge in [-0.15, -0.1) is 6.42 Å². The molecule has 0 atom stereocenters. The van der Waals surface area contributed by atoms with E-state index in [1.54, 1.807) is 0 Å². The van der Waals surface area contributed by atoms with Gasteiger partial charge in [-0.1, -0.05) is 5.92 Å². The van der Waals surface area contributed by atoms with Crippen molar-refractivity contribution >= 4 is 7.82 Å². The second-order valence-electron chi connectivity index (χ2n) is 2.24. The first-order chi connectivity index (χ1) is 4.27. The van der Waals surface area contributed by atoms with E-state index >= 15 is 0 Å². The average Bonchev–Trinajstić information content (AvgIpc) is 1.60. The van der Waals surface area contributed by atoms with E-state index in [0.717, 1.165) is 0 Å². The number of rotatable bonds is 2. The molecule has 0 aromatic heterocycles. The van der Waals surface area contributed by atoms with Crippen molar-refractivity contribution < 1.29 is 18.9 Å². The van der Waals surface area contributed by atoms with Gasteiger partial charge in [-0.3, -0.25) is 4.52 Å².